The average molecular weight is 421 g/mol. The van der Waals surface area contributed by atoms with E-state index in [1.807, 2.05) is 91.0 Å². The molecule has 0 spiro atoms. The number of aliphatic carboxylic acids is 1. The fourth-order valence-electron chi connectivity index (χ4n) is 3.64. The number of nitrogens with zero attached hydrogens (tertiary/aromatic N) is 2. The van der Waals surface area contributed by atoms with Crippen LogP contribution in [-0.2, 0) is 11.2 Å². The number of hydrogen-bond acceptors (Lipinski definition) is 3. The van der Waals surface area contributed by atoms with Crippen LogP contribution in [0.5, 0.6) is 0 Å². The lowest BCUT2D eigenvalue weighted by Gasteiger charge is -2.13. The fourth-order valence-corrected chi connectivity index (χ4v) is 3.64. The summed E-state index contributed by atoms with van der Waals surface area (Å²) in [4.78, 5) is 21.4. The minimum atomic E-state index is -0.961. The Morgan fingerprint density at radius 1 is 0.844 bits per heavy atom. The van der Waals surface area contributed by atoms with E-state index in [0.29, 0.717) is 5.71 Å². The predicted molar refractivity (Wildman–Crippen MR) is 128 cm³/mol. The van der Waals surface area contributed by atoms with Crippen LogP contribution in [0.3, 0.4) is 0 Å². The van der Waals surface area contributed by atoms with E-state index in [1.54, 1.807) is 6.20 Å². The second kappa shape index (κ2) is 9.84. The summed E-state index contributed by atoms with van der Waals surface area (Å²) in [6.07, 6.45) is 2.01. The Balaban J connectivity index is 1.65. The monoisotopic (exact) mass is 420 g/mol. The third-order valence-corrected chi connectivity index (χ3v) is 5.34. The molecular formula is C28H24N2O2. The lowest BCUT2D eigenvalue weighted by molar-refractivity contribution is -0.138. The molecule has 4 nitrogen and oxygen atoms in total. The molecule has 1 aromatic heterocycles. The highest BCUT2D eigenvalue weighted by atomic mass is 16.4. The summed E-state index contributed by atoms with van der Waals surface area (Å²) in [5, 5.41) is 9.92. The first kappa shape index (κ1) is 21.2. The zero-order chi connectivity index (χ0) is 22.3. The van der Waals surface area contributed by atoms with Crippen LogP contribution in [0.4, 0.5) is 0 Å². The maximum atomic E-state index is 12.1. The number of aliphatic imine (C=N–C) groups is 1. The zero-order valence-electron chi connectivity index (χ0n) is 17.8. The number of benzene rings is 3. The van der Waals surface area contributed by atoms with Gasteiger partial charge in [0.2, 0.25) is 0 Å². The van der Waals surface area contributed by atoms with E-state index in [-0.39, 0.29) is 6.42 Å². The molecule has 4 heteroatoms. The van der Waals surface area contributed by atoms with Gasteiger partial charge in [0.1, 0.15) is 0 Å². The molecule has 32 heavy (non-hydrogen) atoms. The van der Waals surface area contributed by atoms with Crippen molar-refractivity contribution in [1.29, 1.82) is 0 Å². The minimum Gasteiger partial charge on any atom is -0.480 e. The molecule has 3 aromatic carbocycles. The van der Waals surface area contributed by atoms with Crippen LogP contribution in [-0.4, -0.2) is 27.8 Å². The van der Waals surface area contributed by atoms with Crippen LogP contribution in [0.2, 0.25) is 0 Å². The fraction of sp³-hybridized carbons (Fsp3) is 0.107. The van der Waals surface area contributed by atoms with Gasteiger partial charge < -0.3 is 5.11 Å². The van der Waals surface area contributed by atoms with Crippen molar-refractivity contribution in [3.63, 3.8) is 0 Å². The molecule has 0 aliphatic heterocycles. The Morgan fingerprint density at radius 2 is 1.44 bits per heavy atom. The summed E-state index contributed by atoms with van der Waals surface area (Å²) in [6, 6.07) is 30.4. The topological polar surface area (TPSA) is 62.5 Å². The molecule has 0 unspecified atom stereocenters. The summed E-state index contributed by atoms with van der Waals surface area (Å²) >= 11 is 0. The largest absolute Gasteiger partial charge is 0.480 e. The summed E-state index contributed by atoms with van der Waals surface area (Å²) < 4.78 is 0. The van der Waals surface area contributed by atoms with Crippen LogP contribution in [0.1, 0.15) is 22.3 Å². The van der Waals surface area contributed by atoms with Gasteiger partial charge in [-0.05, 0) is 24.1 Å². The van der Waals surface area contributed by atoms with Gasteiger partial charge in [-0.25, -0.2) is 4.79 Å². The quantitative estimate of drug-likeness (QED) is 0.396. The Labute approximate surface area is 187 Å². The van der Waals surface area contributed by atoms with Crippen molar-refractivity contribution < 1.29 is 9.90 Å². The average Bonchev–Trinajstić information content (AvgIpc) is 2.83. The molecule has 158 valence electrons. The van der Waals surface area contributed by atoms with Crippen molar-refractivity contribution in [1.82, 2.24) is 4.98 Å². The van der Waals surface area contributed by atoms with Crippen LogP contribution < -0.4 is 0 Å². The molecule has 1 heterocycles. The maximum Gasteiger partial charge on any atom is 0.328 e. The SMILES string of the molecule is Cc1ccccc1-c1ccc(C[C@H](N=C(c2ccccc2)c2ccccc2)C(=O)O)cn1. The first-order chi connectivity index (χ1) is 15.6. The molecule has 0 radical (unpaired) electrons. The number of carboxylic acid groups (broad SMARTS) is 1. The minimum absolute atomic E-state index is 0.263. The van der Waals surface area contributed by atoms with E-state index >= 15 is 0 Å². The van der Waals surface area contributed by atoms with Crippen molar-refractivity contribution in [3.05, 3.63) is 126 Å². The van der Waals surface area contributed by atoms with Gasteiger partial charge in [0.25, 0.3) is 0 Å². The molecule has 4 rings (SSSR count). The first-order valence-corrected chi connectivity index (χ1v) is 10.5. The summed E-state index contributed by atoms with van der Waals surface area (Å²) in [7, 11) is 0. The second-order valence-electron chi connectivity index (χ2n) is 7.63. The molecule has 1 N–H and O–H groups in total. The molecule has 0 aliphatic carbocycles. The molecule has 1 atom stereocenters. The highest BCUT2D eigenvalue weighted by Crippen LogP contribution is 2.22. The number of carboxylic acids is 1. The molecule has 0 saturated heterocycles. The second-order valence-corrected chi connectivity index (χ2v) is 7.63. The number of rotatable bonds is 7. The standard InChI is InChI=1S/C28H24N2O2/c1-20-10-8-9-15-24(20)25-17-16-21(19-29-25)18-26(28(31)32)30-27(22-11-4-2-5-12-22)23-13-6-3-7-14-23/h2-17,19,26H,18H2,1H3,(H,31,32)/t26-/m0/s1. The van der Waals surface area contributed by atoms with Gasteiger partial charge in [-0.15, -0.1) is 0 Å². The molecule has 4 aromatic rings. The van der Waals surface area contributed by atoms with Crippen molar-refractivity contribution in [3.8, 4) is 11.3 Å². The van der Waals surface area contributed by atoms with Crippen molar-refractivity contribution in [2.24, 2.45) is 4.99 Å². The van der Waals surface area contributed by atoms with E-state index in [2.05, 4.69) is 18.0 Å². The Bertz CT molecular complexity index is 1180. The Kier molecular flexibility index (Phi) is 6.52. The van der Waals surface area contributed by atoms with Gasteiger partial charge in [0, 0.05) is 29.3 Å². The third kappa shape index (κ3) is 4.98. The van der Waals surface area contributed by atoms with E-state index in [9.17, 15) is 9.90 Å². The van der Waals surface area contributed by atoms with E-state index < -0.39 is 12.0 Å². The Hall–Kier alpha value is -4.05. The van der Waals surface area contributed by atoms with E-state index in [4.69, 9.17) is 4.99 Å². The number of carbonyl (C=O) groups is 1. The van der Waals surface area contributed by atoms with Crippen LogP contribution in [0.25, 0.3) is 11.3 Å². The molecule has 0 bridgehead atoms. The first-order valence-electron chi connectivity index (χ1n) is 10.5. The molecule has 0 amide bonds. The molecule has 0 saturated carbocycles. The van der Waals surface area contributed by atoms with Gasteiger partial charge in [-0.2, -0.15) is 0 Å². The van der Waals surface area contributed by atoms with Crippen molar-refractivity contribution in [2.45, 2.75) is 19.4 Å². The van der Waals surface area contributed by atoms with Crippen molar-refractivity contribution >= 4 is 11.7 Å². The van der Waals surface area contributed by atoms with Gasteiger partial charge in [0.15, 0.2) is 6.04 Å². The third-order valence-electron chi connectivity index (χ3n) is 5.34. The van der Waals surface area contributed by atoms with Gasteiger partial charge in [-0.1, -0.05) is 91.0 Å². The molecule has 0 aliphatic rings. The van der Waals surface area contributed by atoms with Gasteiger partial charge in [-0.3, -0.25) is 9.98 Å². The van der Waals surface area contributed by atoms with E-state index in [1.165, 1.54) is 0 Å². The highest BCUT2D eigenvalue weighted by molar-refractivity contribution is 6.13. The summed E-state index contributed by atoms with van der Waals surface area (Å²) in [6.45, 7) is 2.05. The number of aryl methyl sites for hydroxylation is 1. The van der Waals surface area contributed by atoms with Crippen LogP contribution in [0, 0.1) is 6.92 Å². The van der Waals surface area contributed by atoms with Crippen LogP contribution >= 0.6 is 0 Å². The summed E-state index contributed by atoms with van der Waals surface area (Å²) in [5.74, 6) is -0.961. The Morgan fingerprint density at radius 3 is 1.97 bits per heavy atom. The smallest absolute Gasteiger partial charge is 0.328 e. The lowest BCUT2D eigenvalue weighted by Crippen LogP contribution is -2.23. The predicted octanol–water partition coefficient (Wildman–Crippen LogP) is 5.59. The van der Waals surface area contributed by atoms with Gasteiger partial charge in [0.05, 0.1) is 11.4 Å². The van der Waals surface area contributed by atoms with Gasteiger partial charge >= 0.3 is 5.97 Å². The molecule has 0 fully saturated rings. The zero-order valence-corrected chi connectivity index (χ0v) is 17.8. The molecular weight excluding hydrogens is 396 g/mol. The summed E-state index contributed by atoms with van der Waals surface area (Å²) in [5.41, 5.74) is 6.37. The number of pyridine rings is 1. The normalized spacial score (nSPS) is 11.5. The van der Waals surface area contributed by atoms with Crippen LogP contribution in [0.15, 0.2) is 108 Å². The highest BCUT2D eigenvalue weighted by Gasteiger charge is 2.20. The number of aromatic nitrogens is 1. The van der Waals surface area contributed by atoms with E-state index in [0.717, 1.165) is 33.5 Å². The maximum absolute atomic E-state index is 12.1. The van der Waals surface area contributed by atoms with Crippen molar-refractivity contribution in [2.75, 3.05) is 0 Å². The number of hydrogen-bond donors (Lipinski definition) is 1. The lowest BCUT2D eigenvalue weighted by atomic mass is 10.0.